The Labute approximate surface area is 153 Å². The largest absolute Gasteiger partial charge is 0.497 e. The van der Waals surface area contributed by atoms with Crippen LogP contribution in [0.2, 0.25) is 0 Å². The van der Waals surface area contributed by atoms with Crippen molar-refractivity contribution in [1.82, 2.24) is 9.88 Å². The SMILES string of the molecule is COc1ccc(OCC2CCCN(C(=O)COc3cccnc3)C2)cc1. The van der Waals surface area contributed by atoms with Gasteiger partial charge in [0.2, 0.25) is 0 Å². The summed E-state index contributed by atoms with van der Waals surface area (Å²) in [5.41, 5.74) is 0. The summed E-state index contributed by atoms with van der Waals surface area (Å²) in [4.78, 5) is 18.2. The number of aromatic nitrogens is 1. The van der Waals surface area contributed by atoms with Crippen LogP contribution in [-0.2, 0) is 4.79 Å². The molecule has 0 bridgehead atoms. The van der Waals surface area contributed by atoms with Crippen molar-refractivity contribution in [2.75, 3.05) is 33.4 Å². The highest BCUT2D eigenvalue weighted by Crippen LogP contribution is 2.21. The molecule has 2 aromatic rings. The van der Waals surface area contributed by atoms with Gasteiger partial charge in [0, 0.05) is 25.2 Å². The zero-order valence-corrected chi connectivity index (χ0v) is 15.0. The lowest BCUT2D eigenvalue weighted by atomic mass is 9.99. The predicted molar refractivity (Wildman–Crippen MR) is 97.5 cm³/mol. The van der Waals surface area contributed by atoms with Crippen molar-refractivity contribution in [2.24, 2.45) is 5.92 Å². The van der Waals surface area contributed by atoms with E-state index in [-0.39, 0.29) is 12.5 Å². The molecule has 0 aliphatic carbocycles. The molecule has 0 saturated carbocycles. The van der Waals surface area contributed by atoms with Gasteiger partial charge in [-0.3, -0.25) is 9.78 Å². The summed E-state index contributed by atoms with van der Waals surface area (Å²) in [6, 6.07) is 11.1. The predicted octanol–water partition coefficient (Wildman–Crippen LogP) is 2.79. The molecular formula is C20H24N2O4. The summed E-state index contributed by atoms with van der Waals surface area (Å²) in [6.07, 6.45) is 5.32. The summed E-state index contributed by atoms with van der Waals surface area (Å²) in [7, 11) is 1.64. The molecule has 3 rings (SSSR count). The Balaban J connectivity index is 1.44. The van der Waals surface area contributed by atoms with Crippen LogP contribution in [0.3, 0.4) is 0 Å². The molecule has 1 amide bonds. The summed E-state index contributed by atoms with van der Waals surface area (Å²) in [5.74, 6) is 2.56. The number of piperidine rings is 1. The first kappa shape index (κ1) is 18.0. The van der Waals surface area contributed by atoms with Crippen molar-refractivity contribution < 1.29 is 19.0 Å². The van der Waals surface area contributed by atoms with Crippen molar-refractivity contribution >= 4 is 5.91 Å². The van der Waals surface area contributed by atoms with Gasteiger partial charge in [-0.15, -0.1) is 0 Å². The van der Waals surface area contributed by atoms with Crippen LogP contribution in [-0.4, -0.2) is 49.2 Å². The van der Waals surface area contributed by atoms with Crippen LogP contribution in [0.5, 0.6) is 17.2 Å². The minimum Gasteiger partial charge on any atom is -0.497 e. The molecule has 1 aromatic carbocycles. The molecule has 1 aliphatic rings. The molecule has 0 radical (unpaired) electrons. The van der Waals surface area contributed by atoms with Crippen LogP contribution >= 0.6 is 0 Å². The zero-order chi connectivity index (χ0) is 18.2. The molecule has 0 N–H and O–H groups in total. The number of rotatable bonds is 7. The molecule has 2 heterocycles. The number of pyridine rings is 1. The Morgan fingerprint density at radius 3 is 2.69 bits per heavy atom. The number of benzene rings is 1. The molecule has 6 heteroatoms. The molecule has 26 heavy (non-hydrogen) atoms. The fourth-order valence-corrected chi connectivity index (χ4v) is 2.98. The minimum absolute atomic E-state index is 0.00278. The second kappa shape index (κ2) is 9.08. The maximum atomic E-state index is 12.4. The van der Waals surface area contributed by atoms with E-state index >= 15 is 0 Å². The molecule has 1 unspecified atom stereocenters. The van der Waals surface area contributed by atoms with E-state index in [1.54, 1.807) is 31.6 Å². The van der Waals surface area contributed by atoms with Crippen LogP contribution in [0.1, 0.15) is 12.8 Å². The second-order valence-electron chi connectivity index (χ2n) is 6.31. The molecule has 6 nitrogen and oxygen atoms in total. The van der Waals surface area contributed by atoms with Crippen LogP contribution in [0.4, 0.5) is 0 Å². The topological polar surface area (TPSA) is 60.9 Å². The fourth-order valence-electron chi connectivity index (χ4n) is 2.98. The van der Waals surface area contributed by atoms with Crippen molar-refractivity contribution in [1.29, 1.82) is 0 Å². The first-order chi connectivity index (χ1) is 12.7. The van der Waals surface area contributed by atoms with Crippen molar-refractivity contribution in [3.8, 4) is 17.2 Å². The number of hydrogen-bond acceptors (Lipinski definition) is 5. The minimum atomic E-state index is 0.00278. The Hall–Kier alpha value is -2.76. The molecule has 138 valence electrons. The molecule has 0 spiro atoms. The van der Waals surface area contributed by atoms with Gasteiger partial charge in [0.1, 0.15) is 17.2 Å². The van der Waals surface area contributed by atoms with Crippen LogP contribution in [0.15, 0.2) is 48.8 Å². The Bertz CT molecular complexity index is 691. The van der Waals surface area contributed by atoms with Gasteiger partial charge in [0.15, 0.2) is 6.61 Å². The monoisotopic (exact) mass is 356 g/mol. The van der Waals surface area contributed by atoms with Crippen molar-refractivity contribution in [2.45, 2.75) is 12.8 Å². The maximum Gasteiger partial charge on any atom is 0.260 e. The van der Waals surface area contributed by atoms with E-state index in [0.717, 1.165) is 30.9 Å². The summed E-state index contributed by atoms with van der Waals surface area (Å²) < 4.78 is 16.5. The lowest BCUT2D eigenvalue weighted by molar-refractivity contribution is -0.135. The second-order valence-corrected chi connectivity index (χ2v) is 6.31. The average molecular weight is 356 g/mol. The molecule has 1 saturated heterocycles. The summed E-state index contributed by atoms with van der Waals surface area (Å²) in [6.45, 7) is 2.11. The first-order valence-corrected chi connectivity index (χ1v) is 8.82. The van der Waals surface area contributed by atoms with Crippen molar-refractivity contribution in [3.63, 3.8) is 0 Å². The lowest BCUT2D eigenvalue weighted by Gasteiger charge is -2.32. The molecule has 1 aliphatic heterocycles. The number of hydrogen-bond donors (Lipinski definition) is 0. The van der Waals surface area contributed by atoms with Crippen LogP contribution in [0.25, 0.3) is 0 Å². The summed E-state index contributed by atoms with van der Waals surface area (Å²) in [5, 5.41) is 0. The summed E-state index contributed by atoms with van der Waals surface area (Å²) >= 11 is 0. The highest BCUT2D eigenvalue weighted by Gasteiger charge is 2.24. The Kier molecular flexibility index (Phi) is 6.30. The van der Waals surface area contributed by atoms with Gasteiger partial charge >= 0.3 is 0 Å². The standard InChI is InChI=1S/C20H24N2O4/c1-24-17-6-8-18(9-7-17)25-14-16-4-3-11-22(13-16)20(23)15-26-19-5-2-10-21-12-19/h2,5-10,12,16H,3-4,11,13-15H2,1H3. The number of methoxy groups -OCH3 is 1. The molecule has 1 aromatic heterocycles. The maximum absolute atomic E-state index is 12.4. The van der Waals surface area contributed by atoms with Crippen molar-refractivity contribution in [3.05, 3.63) is 48.8 Å². The Morgan fingerprint density at radius 1 is 1.15 bits per heavy atom. The average Bonchev–Trinajstić information content (AvgIpc) is 2.72. The molecule has 1 atom stereocenters. The molecular weight excluding hydrogens is 332 g/mol. The third-order valence-corrected chi connectivity index (χ3v) is 4.41. The van der Waals surface area contributed by atoms with Gasteiger partial charge in [0.05, 0.1) is 19.9 Å². The highest BCUT2D eigenvalue weighted by atomic mass is 16.5. The van der Waals surface area contributed by atoms with Gasteiger partial charge in [-0.1, -0.05) is 0 Å². The van der Waals surface area contributed by atoms with E-state index in [1.165, 1.54) is 0 Å². The van der Waals surface area contributed by atoms with E-state index in [2.05, 4.69) is 4.98 Å². The van der Waals surface area contributed by atoms with E-state index in [9.17, 15) is 4.79 Å². The number of carbonyl (C=O) groups is 1. The highest BCUT2D eigenvalue weighted by molar-refractivity contribution is 5.77. The van der Waals surface area contributed by atoms with Gasteiger partial charge in [-0.2, -0.15) is 0 Å². The quantitative estimate of drug-likeness (QED) is 0.763. The van der Waals surface area contributed by atoms with Crippen LogP contribution in [0, 0.1) is 5.92 Å². The lowest BCUT2D eigenvalue weighted by Crippen LogP contribution is -2.43. The van der Waals surface area contributed by atoms with Gasteiger partial charge < -0.3 is 19.1 Å². The van der Waals surface area contributed by atoms with E-state index < -0.39 is 0 Å². The third kappa shape index (κ3) is 5.12. The number of nitrogens with zero attached hydrogens (tertiary/aromatic N) is 2. The van der Waals surface area contributed by atoms with Gasteiger partial charge in [0.25, 0.3) is 5.91 Å². The van der Waals surface area contributed by atoms with Gasteiger partial charge in [-0.05, 0) is 49.2 Å². The van der Waals surface area contributed by atoms with E-state index in [1.807, 2.05) is 29.2 Å². The number of carbonyl (C=O) groups excluding carboxylic acids is 1. The third-order valence-electron chi connectivity index (χ3n) is 4.41. The van der Waals surface area contributed by atoms with Gasteiger partial charge in [-0.25, -0.2) is 0 Å². The fraction of sp³-hybridized carbons (Fsp3) is 0.400. The molecule has 1 fully saturated rings. The first-order valence-electron chi connectivity index (χ1n) is 8.82. The van der Waals surface area contributed by atoms with E-state index in [4.69, 9.17) is 14.2 Å². The number of likely N-dealkylation sites (tertiary alicyclic amines) is 1. The number of amides is 1. The number of ether oxygens (including phenoxy) is 3. The smallest absolute Gasteiger partial charge is 0.260 e. The van der Waals surface area contributed by atoms with E-state index in [0.29, 0.717) is 24.8 Å². The van der Waals surface area contributed by atoms with Crippen LogP contribution < -0.4 is 14.2 Å². The Morgan fingerprint density at radius 2 is 1.96 bits per heavy atom. The normalized spacial score (nSPS) is 16.8. The zero-order valence-electron chi connectivity index (χ0n) is 15.0.